The molecule has 4 heteroatoms. The molecule has 2 saturated carbocycles. The summed E-state index contributed by atoms with van der Waals surface area (Å²) in [7, 11) is 0. The third-order valence-electron chi connectivity index (χ3n) is 11.5. The number of rotatable bonds is 5. The summed E-state index contributed by atoms with van der Waals surface area (Å²) in [6.07, 6.45) is 12.4. The minimum Gasteiger partial charge on any atom is -0.478 e. The van der Waals surface area contributed by atoms with Crippen molar-refractivity contribution in [3.63, 3.8) is 0 Å². The fourth-order valence-corrected chi connectivity index (χ4v) is 8.79. The Labute approximate surface area is 206 Å². The molecule has 0 heterocycles. The van der Waals surface area contributed by atoms with Crippen molar-refractivity contribution in [1.82, 2.24) is 0 Å². The predicted octanol–water partition coefficient (Wildman–Crippen LogP) is 6.29. The van der Waals surface area contributed by atoms with E-state index >= 15 is 0 Å². The van der Waals surface area contributed by atoms with Crippen LogP contribution in [0.1, 0.15) is 93.4 Å². The molecule has 3 N–H and O–H groups in total. The Hall–Kier alpha value is -1.39. The van der Waals surface area contributed by atoms with Gasteiger partial charge in [0.25, 0.3) is 0 Å². The number of aliphatic carboxylic acids is 1. The van der Waals surface area contributed by atoms with Crippen molar-refractivity contribution < 1.29 is 20.1 Å². The van der Waals surface area contributed by atoms with Crippen LogP contribution in [0.4, 0.5) is 0 Å². The maximum absolute atomic E-state index is 11.6. The van der Waals surface area contributed by atoms with Crippen LogP contribution in [-0.2, 0) is 4.79 Å². The molecule has 0 radical (unpaired) electrons. The Bertz CT molecular complexity index is 941. The van der Waals surface area contributed by atoms with E-state index in [1.54, 1.807) is 6.92 Å². The van der Waals surface area contributed by atoms with Gasteiger partial charge in [-0.2, -0.15) is 0 Å². The summed E-state index contributed by atoms with van der Waals surface area (Å²) in [6, 6.07) is 0. The summed E-state index contributed by atoms with van der Waals surface area (Å²) in [4.78, 5) is 11.1. The van der Waals surface area contributed by atoms with Crippen LogP contribution in [0.3, 0.4) is 0 Å². The monoisotopic (exact) mass is 470 g/mol. The average molecular weight is 471 g/mol. The molecule has 0 aromatic carbocycles. The van der Waals surface area contributed by atoms with Gasteiger partial charge in [-0.25, -0.2) is 4.79 Å². The van der Waals surface area contributed by atoms with Crippen LogP contribution in [0.25, 0.3) is 0 Å². The first-order valence-electron chi connectivity index (χ1n) is 13.4. The smallest absolute Gasteiger partial charge is 0.330 e. The van der Waals surface area contributed by atoms with E-state index in [0.717, 1.165) is 44.9 Å². The molecule has 8 unspecified atom stereocenters. The van der Waals surface area contributed by atoms with Gasteiger partial charge in [0.1, 0.15) is 0 Å². The van der Waals surface area contributed by atoms with Gasteiger partial charge in [0.15, 0.2) is 0 Å². The second kappa shape index (κ2) is 8.34. The number of hydrogen-bond acceptors (Lipinski definition) is 3. The van der Waals surface area contributed by atoms with E-state index in [0.29, 0.717) is 23.3 Å². The van der Waals surface area contributed by atoms with Crippen molar-refractivity contribution in [2.45, 2.75) is 106 Å². The lowest BCUT2D eigenvalue weighted by atomic mass is 9.44. The molecule has 4 rings (SSSR count). The Morgan fingerprint density at radius 3 is 2.44 bits per heavy atom. The van der Waals surface area contributed by atoms with Gasteiger partial charge in [0.2, 0.25) is 0 Å². The number of aliphatic hydroxyl groups excluding tert-OH is 2. The lowest BCUT2D eigenvalue weighted by Gasteiger charge is -2.61. The van der Waals surface area contributed by atoms with E-state index in [4.69, 9.17) is 5.11 Å². The second-order valence-corrected chi connectivity index (χ2v) is 13.2. The minimum atomic E-state index is -0.845. The Balaban J connectivity index is 1.66. The number of carboxylic acids is 1. The lowest BCUT2D eigenvalue weighted by Crippen LogP contribution is -2.55. The van der Waals surface area contributed by atoms with Crippen LogP contribution < -0.4 is 0 Å². The van der Waals surface area contributed by atoms with Crippen LogP contribution in [-0.4, -0.2) is 33.5 Å². The molecular weight excluding hydrogens is 424 g/mol. The maximum atomic E-state index is 11.6. The van der Waals surface area contributed by atoms with Gasteiger partial charge in [0.05, 0.1) is 12.2 Å². The summed E-state index contributed by atoms with van der Waals surface area (Å²) in [5.41, 5.74) is 2.84. The molecule has 0 aromatic heterocycles. The zero-order valence-corrected chi connectivity index (χ0v) is 22.3. The zero-order valence-electron chi connectivity index (χ0n) is 22.3. The molecule has 8 atom stereocenters. The molecule has 2 fully saturated rings. The molecule has 190 valence electrons. The highest BCUT2D eigenvalue weighted by molar-refractivity contribution is 5.85. The molecule has 4 aliphatic carbocycles. The number of carboxylic acid groups (broad SMARTS) is 1. The van der Waals surface area contributed by atoms with E-state index in [-0.39, 0.29) is 33.9 Å². The van der Waals surface area contributed by atoms with Gasteiger partial charge in [-0.15, -0.1) is 0 Å². The first-order valence-corrected chi connectivity index (χ1v) is 13.4. The van der Waals surface area contributed by atoms with Gasteiger partial charge in [-0.05, 0) is 97.0 Å². The summed E-state index contributed by atoms with van der Waals surface area (Å²) in [5, 5.41) is 31.6. The number of hydrogen-bond donors (Lipinski definition) is 3. The Morgan fingerprint density at radius 2 is 1.79 bits per heavy atom. The largest absolute Gasteiger partial charge is 0.478 e. The zero-order chi connectivity index (χ0) is 25.3. The summed E-state index contributed by atoms with van der Waals surface area (Å²) in [5.74, 6) is 0.359. The number of aliphatic hydroxyl groups is 2. The highest BCUT2D eigenvalue weighted by Gasteiger charge is 2.66. The number of carbonyl (C=O) groups is 1. The third kappa shape index (κ3) is 3.42. The Kier molecular flexibility index (Phi) is 6.30. The van der Waals surface area contributed by atoms with Crippen molar-refractivity contribution in [2.24, 2.45) is 39.4 Å². The molecule has 34 heavy (non-hydrogen) atoms. The average Bonchev–Trinajstić information content (AvgIpc) is 2.98. The van der Waals surface area contributed by atoms with E-state index in [9.17, 15) is 15.0 Å². The number of allylic oxidation sites excluding steroid dienone is 4. The van der Waals surface area contributed by atoms with Gasteiger partial charge in [-0.1, -0.05) is 59.8 Å². The predicted molar refractivity (Wildman–Crippen MR) is 136 cm³/mol. The van der Waals surface area contributed by atoms with Crippen molar-refractivity contribution in [1.29, 1.82) is 0 Å². The van der Waals surface area contributed by atoms with Crippen molar-refractivity contribution >= 4 is 5.97 Å². The van der Waals surface area contributed by atoms with Crippen LogP contribution in [0.5, 0.6) is 0 Å². The molecule has 0 amide bonds. The molecule has 0 aliphatic heterocycles. The van der Waals surface area contributed by atoms with Gasteiger partial charge < -0.3 is 15.3 Å². The first-order chi connectivity index (χ1) is 15.7. The highest BCUT2D eigenvalue weighted by Crippen LogP contribution is 2.71. The number of fused-ring (bicyclic) bond motifs is 5. The second-order valence-electron chi connectivity index (χ2n) is 13.2. The normalized spacial score (nSPS) is 44.3. The van der Waals surface area contributed by atoms with E-state index in [1.165, 1.54) is 11.1 Å². The topological polar surface area (TPSA) is 77.8 Å². The SMILES string of the molecule is CC(=CCCC(C)C1CC(O)C2(C)C3=CCC4C(C)(CCC(O)C4(C)C)C3=CCC12C)C(=O)O. The van der Waals surface area contributed by atoms with Crippen molar-refractivity contribution in [3.8, 4) is 0 Å². The molecule has 0 spiro atoms. The van der Waals surface area contributed by atoms with Crippen LogP contribution in [0.15, 0.2) is 34.9 Å². The van der Waals surface area contributed by atoms with E-state index < -0.39 is 5.97 Å². The van der Waals surface area contributed by atoms with E-state index in [2.05, 4.69) is 53.7 Å². The van der Waals surface area contributed by atoms with Gasteiger partial charge >= 0.3 is 5.97 Å². The summed E-state index contributed by atoms with van der Waals surface area (Å²) >= 11 is 0. The first kappa shape index (κ1) is 25.7. The molecule has 0 bridgehead atoms. The summed E-state index contributed by atoms with van der Waals surface area (Å²) in [6.45, 7) is 15.5. The van der Waals surface area contributed by atoms with Crippen molar-refractivity contribution in [2.75, 3.05) is 0 Å². The summed E-state index contributed by atoms with van der Waals surface area (Å²) < 4.78 is 0. The lowest BCUT2D eigenvalue weighted by molar-refractivity contribution is -0.132. The fourth-order valence-electron chi connectivity index (χ4n) is 8.79. The van der Waals surface area contributed by atoms with Crippen molar-refractivity contribution in [3.05, 3.63) is 34.9 Å². The maximum Gasteiger partial charge on any atom is 0.330 e. The molecule has 4 aliphatic rings. The molecular formula is C30H46O4. The molecule has 0 aromatic rings. The quantitative estimate of drug-likeness (QED) is 0.413. The van der Waals surface area contributed by atoms with Gasteiger partial charge in [0, 0.05) is 11.0 Å². The van der Waals surface area contributed by atoms with Crippen LogP contribution in [0, 0.1) is 39.4 Å². The van der Waals surface area contributed by atoms with Crippen LogP contribution >= 0.6 is 0 Å². The molecule has 4 nitrogen and oxygen atoms in total. The van der Waals surface area contributed by atoms with Gasteiger partial charge in [-0.3, -0.25) is 0 Å². The third-order valence-corrected chi connectivity index (χ3v) is 11.5. The highest BCUT2D eigenvalue weighted by atomic mass is 16.4. The fraction of sp³-hybridized carbons (Fsp3) is 0.767. The molecule has 0 saturated heterocycles. The van der Waals surface area contributed by atoms with Crippen LogP contribution in [0.2, 0.25) is 0 Å². The minimum absolute atomic E-state index is 0.0282. The standard InChI is InChI=1S/C30H46O4/c1-18(9-8-10-19(2)26(33)34)22-17-25(32)30(7)21-11-12-23-27(3,4)24(31)14-15-28(23,5)20(21)13-16-29(22,30)6/h10-11,13,18,22-25,31-32H,8-9,12,14-17H2,1-7H3,(H,33,34). The Morgan fingerprint density at radius 1 is 1.12 bits per heavy atom. The van der Waals surface area contributed by atoms with E-state index in [1.807, 2.05) is 6.08 Å².